The summed E-state index contributed by atoms with van der Waals surface area (Å²) in [5.74, 6) is 0.781. The number of halogens is 1. The van der Waals surface area contributed by atoms with Crippen molar-refractivity contribution >= 4 is 11.6 Å². The van der Waals surface area contributed by atoms with E-state index in [9.17, 15) is 0 Å². The molecule has 1 unspecified atom stereocenters. The van der Waals surface area contributed by atoms with E-state index < -0.39 is 0 Å². The Kier molecular flexibility index (Phi) is 5.29. The SMILES string of the molecule is CNCC1CCCN1CCOc1ccccc1Cl. The number of ether oxygens (including phenoxy) is 1. The number of nitrogens with zero attached hydrogens (tertiary/aromatic N) is 1. The second kappa shape index (κ2) is 6.98. The maximum atomic E-state index is 6.05. The molecule has 2 rings (SSSR count). The van der Waals surface area contributed by atoms with Gasteiger partial charge in [0.2, 0.25) is 0 Å². The Balaban J connectivity index is 1.76. The lowest BCUT2D eigenvalue weighted by molar-refractivity contribution is 0.195. The quantitative estimate of drug-likeness (QED) is 0.858. The summed E-state index contributed by atoms with van der Waals surface area (Å²) in [6, 6.07) is 8.29. The Bertz CT molecular complexity index is 373. The molecule has 1 N–H and O–H groups in total. The molecular formula is C14H21ClN2O. The Morgan fingerprint density at radius 2 is 2.28 bits per heavy atom. The van der Waals surface area contributed by atoms with Gasteiger partial charge in [-0.2, -0.15) is 0 Å². The van der Waals surface area contributed by atoms with Gasteiger partial charge >= 0.3 is 0 Å². The zero-order chi connectivity index (χ0) is 12.8. The van der Waals surface area contributed by atoms with Gasteiger partial charge in [-0.15, -0.1) is 0 Å². The molecule has 1 heterocycles. The van der Waals surface area contributed by atoms with Crippen molar-refractivity contribution in [1.82, 2.24) is 10.2 Å². The second-order valence-electron chi connectivity index (χ2n) is 4.67. The van der Waals surface area contributed by atoms with Gasteiger partial charge in [-0.25, -0.2) is 0 Å². The monoisotopic (exact) mass is 268 g/mol. The summed E-state index contributed by atoms with van der Waals surface area (Å²) in [6.45, 7) is 3.91. The number of hydrogen-bond donors (Lipinski definition) is 1. The van der Waals surface area contributed by atoms with E-state index in [2.05, 4.69) is 10.2 Å². The van der Waals surface area contributed by atoms with Gasteiger partial charge in [-0.3, -0.25) is 4.90 Å². The number of nitrogens with one attached hydrogen (secondary N) is 1. The fourth-order valence-corrected chi connectivity index (χ4v) is 2.68. The Morgan fingerprint density at radius 1 is 1.44 bits per heavy atom. The predicted octanol–water partition coefficient (Wildman–Crippen LogP) is 2.40. The van der Waals surface area contributed by atoms with Gasteiger partial charge in [0.1, 0.15) is 12.4 Å². The minimum atomic E-state index is 0.657. The average Bonchev–Trinajstić information content (AvgIpc) is 2.80. The number of likely N-dealkylation sites (tertiary alicyclic amines) is 1. The van der Waals surface area contributed by atoms with Crippen LogP contribution in [0.5, 0.6) is 5.75 Å². The van der Waals surface area contributed by atoms with Gasteiger partial charge in [0, 0.05) is 19.1 Å². The molecule has 1 aromatic carbocycles. The highest BCUT2D eigenvalue weighted by atomic mass is 35.5. The predicted molar refractivity (Wildman–Crippen MR) is 75.5 cm³/mol. The molecule has 0 saturated carbocycles. The Labute approximate surface area is 114 Å². The smallest absolute Gasteiger partial charge is 0.137 e. The van der Waals surface area contributed by atoms with Crippen molar-refractivity contribution < 1.29 is 4.74 Å². The lowest BCUT2D eigenvalue weighted by Crippen LogP contribution is -2.39. The average molecular weight is 269 g/mol. The van der Waals surface area contributed by atoms with Gasteiger partial charge in [-0.1, -0.05) is 23.7 Å². The summed E-state index contributed by atoms with van der Waals surface area (Å²) >= 11 is 6.05. The van der Waals surface area contributed by atoms with E-state index in [0.29, 0.717) is 17.7 Å². The molecule has 1 saturated heterocycles. The minimum absolute atomic E-state index is 0.657. The molecule has 1 aromatic rings. The molecule has 0 bridgehead atoms. The highest BCUT2D eigenvalue weighted by Crippen LogP contribution is 2.23. The van der Waals surface area contributed by atoms with Crippen LogP contribution in [0, 0.1) is 0 Å². The molecule has 18 heavy (non-hydrogen) atoms. The molecule has 1 fully saturated rings. The Hall–Kier alpha value is -0.770. The third-order valence-electron chi connectivity index (χ3n) is 3.41. The van der Waals surface area contributed by atoms with Crippen LogP contribution in [-0.4, -0.2) is 44.2 Å². The third kappa shape index (κ3) is 3.61. The Morgan fingerprint density at radius 3 is 3.06 bits per heavy atom. The van der Waals surface area contributed by atoms with Crippen molar-refractivity contribution in [3.63, 3.8) is 0 Å². The van der Waals surface area contributed by atoms with Crippen molar-refractivity contribution in [2.24, 2.45) is 0 Å². The van der Waals surface area contributed by atoms with Gasteiger partial charge < -0.3 is 10.1 Å². The second-order valence-corrected chi connectivity index (χ2v) is 5.08. The first-order valence-corrected chi connectivity index (χ1v) is 6.95. The van der Waals surface area contributed by atoms with E-state index >= 15 is 0 Å². The number of hydrogen-bond acceptors (Lipinski definition) is 3. The van der Waals surface area contributed by atoms with Crippen LogP contribution in [0.25, 0.3) is 0 Å². The molecule has 0 radical (unpaired) electrons. The van der Waals surface area contributed by atoms with Crippen molar-refractivity contribution in [3.8, 4) is 5.75 Å². The maximum absolute atomic E-state index is 6.05. The van der Waals surface area contributed by atoms with Crippen molar-refractivity contribution in [3.05, 3.63) is 29.3 Å². The highest BCUT2D eigenvalue weighted by molar-refractivity contribution is 6.32. The molecule has 0 aromatic heterocycles. The molecule has 0 aliphatic carbocycles. The highest BCUT2D eigenvalue weighted by Gasteiger charge is 2.23. The molecule has 1 aliphatic heterocycles. The lowest BCUT2D eigenvalue weighted by Gasteiger charge is -2.24. The summed E-state index contributed by atoms with van der Waals surface area (Å²) in [5, 5.41) is 3.94. The van der Waals surface area contributed by atoms with Crippen molar-refractivity contribution in [2.75, 3.05) is 33.3 Å². The summed E-state index contributed by atoms with van der Waals surface area (Å²) in [4.78, 5) is 2.49. The molecule has 100 valence electrons. The van der Waals surface area contributed by atoms with Crippen LogP contribution >= 0.6 is 11.6 Å². The van der Waals surface area contributed by atoms with Crippen LogP contribution in [-0.2, 0) is 0 Å². The van der Waals surface area contributed by atoms with E-state index in [-0.39, 0.29) is 0 Å². The van der Waals surface area contributed by atoms with Gasteiger partial charge in [-0.05, 0) is 38.6 Å². The molecule has 3 nitrogen and oxygen atoms in total. The first kappa shape index (κ1) is 13.7. The van der Waals surface area contributed by atoms with Crippen molar-refractivity contribution in [1.29, 1.82) is 0 Å². The summed E-state index contributed by atoms with van der Waals surface area (Å²) in [5.41, 5.74) is 0. The van der Waals surface area contributed by atoms with E-state index in [1.165, 1.54) is 19.4 Å². The number of para-hydroxylation sites is 1. The van der Waals surface area contributed by atoms with E-state index in [1.807, 2.05) is 31.3 Å². The van der Waals surface area contributed by atoms with Gasteiger partial charge in [0.25, 0.3) is 0 Å². The van der Waals surface area contributed by atoms with Crippen LogP contribution in [0.2, 0.25) is 5.02 Å². The van der Waals surface area contributed by atoms with Crippen LogP contribution in [0.4, 0.5) is 0 Å². The number of likely N-dealkylation sites (N-methyl/N-ethyl adjacent to an activating group) is 1. The maximum Gasteiger partial charge on any atom is 0.137 e. The zero-order valence-electron chi connectivity index (χ0n) is 10.9. The van der Waals surface area contributed by atoms with E-state index in [0.717, 1.165) is 18.8 Å². The van der Waals surface area contributed by atoms with E-state index in [4.69, 9.17) is 16.3 Å². The van der Waals surface area contributed by atoms with Gasteiger partial charge in [0.05, 0.1) is 5.02 Å². The van der Waals surface area contributed by atoms with Crippen LogP contribution in [0.3, 0.4) is 0 Å². The summed E-state index contributed by atoms with van der Waals surface area (Å²) < 4.78 is 5.73. The number of benzene rings is 1. The van der Waals surface area contributed by atoms with Crippen LogP contribution < -0.4 is 10.1 Å². The molecular weight excluding hydrogens is 248 g/mol. The van der Waals surface area contributed by atoms with Crippen LogP contribution in [0.1, 0.15) is 12.8 Å². The topological polar surface area (TPSA) is 24.5 Å². The van der Waals surface area contributed by atoms with Crippen LogP contribution in [0.15, 0.2) is 24.3 Å². The third-order valence-corrected chi connectivity index (χ3v) is 3.72. The first-order chi connectivity index (χ1) is 8.81. The summed E-state index contributed by atoms with van der Waals surface area (Å²) in [7, 11) is 2.01. The normalized spacial score (nSPS) is 20.2. The minimum Gasteiger partial charge on any atom is -0.491 e. The zero-order valence-corrected chi connectivity index (χ0v) is 11.6. The largest absolute Gasteiger partial charge is 0.491 e. The van der Waals surface area contributed by atoms with Gasteiger partial charge in [0.15, 0.2) is 0 Å². The molecule has 0 spiro atoms. The molecule has 1 atom stereocenters. The standard InChI is InChI=1S/C14H21ClN2O/c1-16-11-12-5-4-8-17(12)9-10-18-14-7-3-2-6-13(14)15/h2-3,6-7,12,16H,4-5,8-11H2,1H3. The lowest BCUT2D eigenvalue weighted by atomic mass is 10.2. The number of rotatable bonds is 6. The van der Waals surface area contributed by atoms with Crippen molar-refractivity contribution in [2.45, 2.75) is 18.9 Å². The first-order valence-electron chi connectivity index (χ1n) is 6.57. The fraction of sp³-hybridized carbons (Fsp3) is 0.571. The molecule has 0 amide bonds. The molecule has 1 aliphatic rings. The fourth-order valence-electron chi connectivity index (χ4n) is 2.49. The summed E-state index contributed by atoms with van der Waals surface area (Å²) in [6.07, 6.45) is 2.57. The molecule has 4 heteroatoms. The van der Waals surface area contributed by atoms with E-state index in [1.54, 1.807) is 0 Å².